The second-order valence-corrected chi connectivity index (χ2v) is 26.6. The topological polar surface area (TPSA) is 73.2 Å². The number of benzene rings is 14. The summed E-state index contributed by atoms with van der Waals surface area (Å²) >= 11 is 0. The molecule has 0 amide bonds. The Bertz CT molecular complexity index is 5610. The first-order valence-corrected chi connectivity index (χ1v) is 33.6. The fraction of sp³-hybridized carbons (Fsp3) is 0.0870. The molecule has 99 heavy (non-hydrogen) atoms. The van der Waals surface area contributed by atoms with Crippen LogP contribution < -0.4 is 15.3 Å². The maximum atomic E-state index is 8.58. The number of furan rings is 2. The number of nitrogens with zero attached hydrogens (tertiary/aromatic N) is 2. The molecule has 2 N–H and O–H groups in total. The van der Waals surface area contributed by atoms with Gasteiger partial charge in [-0.1, -0.05) is 278 Å². The molecule has 2 aliphatic carbocycles. The first kappa shape index (κ1) is 63.3. The molecule has 480 valence electrons. The maximum Gasteiger partial charge on any atom is 0.488 e. The third-order valence-electron chi connectivity index (χ3n) is 20.0. The minimum Gasteiger partial charge on any atom is -0.456 e. The highest BCUT2D eigenvalue weighted by molar-refractivity contribution is 6.58. The van der Waals surface area contributed by atoms with Crippen molar-refractivity contribution in [3.8, 4) is 55.6 Å². The van der Waals surface area contributed by atoms with E-state index in [4.69, 9.17) is 18.9 Å². The Morgan fingerprint density at radius 2 is 0.657 bits per heavy atom. The van der Waals surface area contributed by atoms with Gasteiger partial charge < -0.3 is 28.7 Å². The van der Waals surface area contributed by atoms with Gasteiger partial charge in [0.25, 0.3) is 0 Å². The molecule has 6 nitrogen and oxygen atoms in total. The SMILES string of the molecule is C.CC1(C)c2ccccc2-c2ccc(N(c3ccc(-c4ccccc4)cc3)c3ccc4c(oc5ccccc54)c3-c3ccccc3)cc21.Cc1c(N(c2ccc(-c3ccccc3)cc2)c2ccc3c(c2)C(C)(C)c2ccccc2-3)ccc2c1oc1ccccc12.OB(O)c1ccccc1. The van der Waals surface area contributed by atoms with Crippen molar-refractivity contribution >= 4 is 90.6 Å². The summed E-state index contributed by atoms with van der Waals surface area (Å²) in [6.45, 7) is 11.5. The van der Waals surface area contributed by atoms with E-state index in [0.29, 0.717) is 5.46 Å². The van der Waals surface area contributed by atoms with Crippen molar-refractivity contribution in [2.45, 2.75) is 52.9 Å². The predicted molar refractivity (Wildman–Crippen MR) is 416 cm³/mol. The number of anilines is 6. The van der Waals surface area contributed by atoms with E-state index in [1.54, 1.807) is 24.3 Å². The van der Waals surface area contributed by atoms with Gasteiger partial charge in [-0.05, 0) is 170 Å². The van der Waals surface area contributed by atoms with Crippen LogP contribution in [0.2, 0.25) is 0 Å². The van der Waals surface area contributed by atoms with E-state index in [1.165, 1.54) is 66.8 Å². The second kappa shape index (κ2) is 26.0. The van der Waals surface area contributed by atoms with Crippen molar-refractivity contribution in [3.63, 3.8) is 0 Å². The van der Waals surface area contributed by atoms with E-state index in [-0.39, 0.29) is 18.3 Å². The fourth-order valence-electron chi connectivity index (χ4n) is 15.0. The zero-order valence-electron chi connectivity index (χ0n) is 55.4. The molecule has 0 atom stereocenters. The summed E-state index contributed by atoms with van der Waals surface area (Å²) in [4.78, 5) is 4.79. The molecular weight excluding hydrogens is 1210 g/mol. The number of rotatable bonds is 10. The Labute approximate surface area is 579 Å². The molecule has 0 saturated heterocycles. The van der Waals surface area contributed by atoms with E-state index in [1.807, 2.05) is 18.2 Å². The highest BCUT2D eigenvalue weighted by Crippen LogP contribution is 2.54. The highest BCUT2D eigenvalue weighted by atomic mass is 16.4. The van der Waals surface area contributed by atoms with Crippen molar-refractivity contribution in [2.75, 3.05) is 9.80 Å². The first-order valence-electron chi connectivity index (χ1n) is 33.6. The number of hydrogen-bond acceptors (Lipinski definition) is 6. The average molecular weight is 1280 g/mol. The van der Waals surface area contributed by atoms with Gasteiger partial charge in [0.05, 0.1) is 11.4 Å². The molecule has 14 aromatic carbocycles. The largest absolute Gasteiger partial charge is 0.488 e. The first-order chi connectivity index (χ1) is 47.9. The molecule has 7 heteroatoms. The van der Waals surface area contributed by atoms with Crippen LogP contribution in [0.1, 0.15) is 62.9 Å². The molecule has 0 radical (unpaired) electrons. The van der Waals surface area contributed by atoms with Gasteiger partial charge in [-0.2, -0.15) is 0 Å². The van der Waals surface area contributed by atoms with Crippen molar-refractivity contribution in [1.29, 1.82) is 0 Å². The van der Waals surface area contributed by atoms with Crippen molar-refractivity contribution < 1.29 is 18.9 Å². The third-order valence-corrected chi connectivity index (χ3v) is 20.0. The van der Waals surface area contributed by atoms with Crippen LogP contribution in [0.3, 0.4) is 0 Å². The quantitative estimate of drug-likeness (QED) is 0.133. The van der Waals surface area contributed by atoms with Crippen molar-refractivity contribution in [3.05, 3.63) is 355 Å². The number of fused-ring (bicyclic) bond motifs is 12. The van der Waals surface area contributed by atoms with Crippen LogP contribution in [0.25, 0.3) is 99.5 Å². The van der Waals surface area contributed by atoms with Gasteiger partial charge in [-0.3, -0.25) is 0 Å². The molecule has 2 aromatic heterocycles. The van der Waals surface area contributed by atoms with E-state index in [0.717, 1.165) is 94.7 Å². The van der Waals surface area contributed by atoms with Crippen molar-refractivity contribution in [1.82, 2.24) is 0 Å². The van der Waals surface area contributed by atoms with E-state index >= 15 is 0 Å². The Morgan fingerprint density at radius 3 is 1.12 bits per heavy atom. The second-order valence-electron chi connectivity index (χ2n) is 26.6. The molecular formula is C92H75BN2O4. The summed E-state index contributed by atoms with van der Waals surface area (Å²) in [6.07, 6.45) is 0. The molecule has 0 bridgehead atoms. The standard InChI is InChI=1S/C45H33NO.C40H31NO.C6H7BO2.CH4/c1-45(2)39-19-11-9-17-35(39)36-26-25-34(29-40(36)45)46(33-23-21-31(22-24-33)30-13-5-3-6-14-30)41-28-27-38-37-18-10-12-20-42(37)47-44(38)43(41)32-15-7-4-8-16-32;1-26-37(24-23-34-33-14-8-10-16-38(33)42-39(26)34)41(29-19-17-28(18-20-29)27-11-5-4-6-12-27)30-21-22-32-31-13-7-9-15-35(31)40(2,3)36(32)25-30;8-7(9)6-4-2-1-3-5-6;/h3-29H,1-2H3;4-25H,1-3H3;1-5,8-9H;1H4. The minimum atomic E-state index is -1.34. The molecule has 18 rings (SSSR count). The van der Waals surface area contributed by atoms with Crippen molar-refractivity contribution in [2.24, 2.45) is 0 Å². The summed E-state index contributed by atoms with van der Waals surface area (Å²) < 4.78 is 13.1. The number of para-hydroxylation sites is 2. The minimum absolute atomic E-state index is 0. The summed E-state index contributed by atoms with van der Waals surface area (Å²) in [5.74, 6) is 0. The van der Waals surface area contributed by atoms with E-state index in [2.05, 4.69) is 330 Å². The van der Waals surface area contributed by atoms with Crippen LogP contribution in [0.4, 0.5) is 34.1 Å². The van der Waals surface area contributed by atoms with Crippen LogP contribution in [-0.2, 0) is 10.8 Å². The van der Waals surface area contributed by atoms with Gasteiger partial charge in [-0.15, -0.1) is 0 Å². The summed E-state index contributed by atoms with van der Waals surface area (Å²) in [6, 6.07) is 115. The van der Waals surface area contributed by atoms with E-state index < -0.39 is 7.12 Å². The average Bonchev–Trinajstić information content (AvgIpc) is 1.61. The lowest BCUT2D eigenvalue weighted by Crippen LogP contribution is -2.29. The van der Waals surface area contributed by atoms with Crippen LogP contribution in [-0.4, -0.2) is 17.2 Å². The molecule has 2 heterocycles. The molecule has 0 spiro atoms. The summed E-state index contributed by atoms with van der Waals surface area (Å²) in [5, 5.41) is 21.7. The summed E-state index contributed by atoms with van der Waals surface area (Å²) in [5.41, 5.74) is 29.5. The lowest BCUT2D eigenvalue weighted by molar-refractivity contribution is 0.426. The summed E-state index contributed by atoms with van der Waals surface area (Å²) in [7, 11) is -1.34. The molecule has 0 aliphatic heterocycles. The smallest absolute Gasteiger partial charge is 0.456 e. The van der Waals surface area contributed by atoms with Gasteiger partial charge in [0.2, 0.25) is 0 Å². The zero-order chi connectivity index (χ0) is 66.7. The highest BCUT2D eigenvalue weighted by Gasteiger charge is 2.38. The fourth-order valence-corrected chi connectivity index (χ4v) is 15.0. The normalized spacial score (nSPS) is 12.7. The van der Waals surface area contributed by atoms with Crippen LogP contribution in [0.15, 0.2) is 336 Å². The Hall–Kier alpha value is -11.7. The predicted octanol–water partition coefficient (Wildman–Crippen LogP) is 24.0. The molecule has 16 aromatic rings. The molecule has 0 unspecified atom stereocenters. The maximum absolute atomic E-state index is 8.58. The Morgan fingerprint density at radius 1 is 0.303 bits per heavy atom. The number of aryl methyl sites for hydroxylation is 1. The monoisotopic (exact) mass is 1280 g/mol. The Balaban J connectivity index is 0.000000142. The molecule has 2 aliphatic rings. The van der Waals surface area contributed by atoms with Crippen LogP contribution in [0.5, 0.6) is 0 Å². The van der Waals surface area contributed by atoms with Gasteiger partial charge in [0.1, 0.15) is 22.3 Å². The van der Waals surface area contributed by atoms with E-state index in [9.17, 15) is 0 Å². The van der Waals surface area contributed by atoms with Crippen LogP contribution >= 0.6 is 0 Å². The number of hydrogen-bond donors (Lipinski definition) is 2. The Kier molecular flexibility index (Phi) is 16.6. The van der Waals surface area contributed by atoms with Gasteiger partial charge >= 0.3 is 7.12 Å². The van der Waals surface area contributed by atoms with Gasteiger partial charge in [-0.25, -0.2) is 0 Å². The van der Waals surface area contributed by atoms with Gasteiger partial charge in [0.15, 0.2) is 0 Å². The molecule has 0 saturated carbocycles. The zero-order valence-corrected chi connectivity index (χ0v) is 55.4. The molecule has 0 fully saturated rings. The lowest BCUT2D eigenvalue weighted by Gasteiger charge is -2.30. The van der Waals surface area contributed by atoms with Gasteiger partial charge in [0, 0.05) is 66.3 Å². The lowest BCUT2D eigenvalue weighted by atomic mass is 9.81. The third kappa shape index (κ3) is 11.4. The van der Waals surface area contributed by atoms with Crippen LogP contribution in [0, 0.1) is 6.92 Å².